The molecule has 1 amide bonds. The van der Waals surface area contributed by atoms with Gasteiger partial charge in [-0.3, -0.25) is 9.89 Å². The fourth-order valence-electron chi connectivity index (χ4n) is 2.77. The second-order valence-electron chi connectivity index (χ2n) is 5.26. The van der Waals surface area contributed by atoms with Crippen molar-refractivity contribution in [2.45, 2.75) is 25.3 Å². The number of H-pyrrole nitrogens is 1. The van der Waals surface area contributed by atoms with Gasteiger partial charge in [0.15, 0.2) is 5.69 Å². The number of para-hydroxylation sites is 1. The average Bonchev–Trinajstić information content (AvgIpc) is 3.02. The fourth-order valence-corrected chi connectivity index (χ4v) is 2.77. The Balaban J connectivity index is 2.02. The summed E-state index contributed by atoms with van der Waals surface area (Å²) in [5.41, 5.74) is -0.0843. The Morgan fingerprint density at radius 3 is 2.90 bits per heavy atom. The third kappa shape index (κ3) is 1.68. The van der Waals surface area contributed by atoms with Gasteiger partial charge in [0.1, 0.15) is 5.54 Å². The van der Waals surface area contributed by atoms with E-state index in [1.165, 1.54) is 4.90 Å². The highest BCUT2D eigenvalue weighted by Crippen LogP contribution is 2.31. The van der Waals surface area contributed by atoms with Gasteiger partial charge in [0.2, 0.25) is 0 Å². The predicted molar refractivity (Wildman–Crippen MR) is 72.4 cm³/mol. The molecule has 1 fully saturated rings. The number of benzene rings is 1. The molecule has 6 heteroatoms. The number of amides is 1. The molecule has 0 radical (unpaired) electrons. The molecule has 6 nitrogen and oxygen atoms in total. The summed E-state index contributed by atoms with van der Waals surface area (Å²) in [7, 11) is 0. The predicted octanol–water partition coefficient (Wildman–Crippen LogP) is 1.64. The average molecular weight is 273 g/mol. The van der Waals surface area contributed by atoms with Crippen LogP contribution in [0.3, 0.4) is 0 Å². The van der Waals surface area contributed by atoms with E-state index in [0.717, 1.165) is 10.9 Å². The third-order valence-corrected chi connectivity index (χ3v) is 4.02. The summed E-state index contributed by atoms with van der Waals surface area (Å²) in [6.45, 7) is 2.04. The number of carbonyl (C=O) groups is 2. The van der Waals surface area contributed by atoms with E-state index in [2.05, 4.69) is 10.2 Å². The first-order valence-electron chi connectivity index (χ1n) is 6.52. The Morgan fingerprint density at radius 1 is 1.40 bits per heavy atom. The van der Waals surface area contributed by atoms with Crippen LogP contribution in [0.4, 0.5) is 0 Å². The van der Waals surface area contributed by atoms with Crippen LogP contribution in [0.2, 0.25) is 0 Å². The molecule has 104 valence electrons. The molecule has 2 heterocycles. The van der Waals surface area contributed by atoms with Crippen molar-refractivity contribution < 1.29 is 14.7 Å². The highest BCUT2D eigenvalue weighted by Gasteiger charge is 2.46. The number of hydrogen-bond donors (Lipinski definition) is 2. The number of likely N-dealkylation sites (tertiary alicyclic amines) is 1. The summed E-state index contributed by atoms with van der Waals surface area (Å²) in [4.78, 5) is 25.5. The topological polar surface area (TPSA) is 86.3 Å². The summed E-state index contributed by atoms with van der Waals surface area (Å²) in [6, 6.07) is 7.32. The number of rotatable bonds is 2. The molecule has 1 saturated heterocycles. The third-order valence-electron chi connectivity index (χ3n) is 4.02. The second-order valence-corrected chi connectivity index (χ2v) is 5.26. The van der Waals surface area contributed by atoms with E-state index in [0.29, 0.717) is 19.4 Å². The Bertz CT molecular complexity index is 694. The molecule has 0 spiro atoms. The summed E-state index contributed by atoms with van der Waals surface area (Å²) in [5.74, 6) is -1.30. The lowest BCUT2D eigenvalue weighted by Gasteiger charge is -2.30. The lowest BCUT2D eigenvalue weighted by Crippen LogP contribution is -2.50. The maximum atomic E-state index is 12.6. The quantitative estimate of drug-likeness (QED) is 0.871. The summed E-state index contributed by atoms with van der Waals surface area (Å²) in [6.07, 6.45) is 1.16. The monoisotopic (exact) mass is 273 g/mol. The van der Waals surface area contributed by atoms with Gasteiger partial charge < -0.3 is 10.0 Å². The highest BCUT2D eigenvalue weighted by molar-refractivity contribution is 6.06. The van der Waals surface area contributed by atoms with Gasteiger partial charge >= 0.3 is 5.97 Å². The van der Waals surface area contributed by atoms with Crippen LogP contribution >= 0.6 is 0 Å². The number of nitrogens with one attached hydrogen (secondary N) is 1. The van der Waals surface area contributed by atoms with E-state index in [-0.39, 0.29) is 11.6 Å². The first kappa shape index (κ1) is 12.7. The number of carboxylic acid groups (broad SMARTS) is 1. The second kappa shape index (κ2) is 4.33. The number of nitrogens with zero attached hydrogens (tertiary/aromatic N) is 2. The first-order chi connectivity index (χ1) is 9.54. The summed E-state index contributed by atoms with van der Waals surface area (Å²) < 4.78 is 0. The van der Waals surface area contributed by atoms with Crippen molar-refractivity contribution >= 4 is 22.8 Å². The van der Waals surface area contributed by atoms with Crippen LogP contribution in [0.15, 0.2) is 24.3 Å². The van der Waals surface area contributed by atoms with Gasteiger partial charge in [-0.25, -0.2) is 4.79 Å². The van der Waals surface area contributed by atoms with E-state index in [1.807, 2.05) is 18.2 Å². The number of aliphatic carboxylic acids is 1. The van der Waals surface area contributed by atoms with E-state index >= 15 is 0 Å². The molecule has 2 N–H and O–H groups in total. The molecule has 20 heavy (non-hydrogen) atoms. The number of fused-ring (bicyclic) bond motifs is 1. The number of aromatic amines is 1. The highest BCUT2D eigenvalue weighted by atomic mass is 16.4. The molecule has 3 rings (SSSR count). The molecule has 1 atom stereocenters. The molecule has 1 aromatic carbocycles. The first-order valence-corrected chi connectivity index (χ1v) is 6.52. The minimum absolute atomic E-state index is 0.287. The molecule has 0 bridgehead atoms. The normalized spacial score (nSPS) is 22.4. The van der Waals surface area contributed by atoms with Crippen molar-refractivity contribution in [3.63, 3.8) is 0 Å². The molecular formula is C14H15N3O3. The molecule has 1 aliphatic heterocycles. The van der Waals surface area contributed by atoms with Gasteiger partial charge in [-0.15, -0.1) is 0 Å². The van der Waals surface area contributed by atoms with Gasteiger partial charge in [0.25, 0.3) is 5.91 Å². The molecule has 0 unspecified atom stereocenters. The van der Waals surface area contributed by atoms with E-state index < -0.39 is 11.5 Å². The SMILES string of the molecule is C[C@]1(C(=O)O)CCCN1C(=O)c1n[nH]c2ccccc12. The van der Waals surface area contributed by atoms with Crippen molar-refractivity contribution in [3.05, 3.63) is 30.0 Å². The fraction of sp³-hybridized carbons (Fsp3) is 0.357. The van der Waals surface area contributed by atoms with Gasteiger partial charge in [-0.05, 0) is 25.8 Å². The number of aromatic nitrogens is 2. The van der Waals surface area contributed by atoms with Gasteiger partial charge in [-0.1, -0.05) is 18.2 Å². The lowest BCUT2D eigenvalue weighted by molar-refractivity contribution is -0.147. The minimum atomic E-state index is -1.14. The molecule has 1 aliphatic rings. The van der Waals surface area contributed by atoms with Crippen LogP contribution in [-0.2, 0) is 4.79 Å². The Labute approximate surface area is 115 Å². The smallest absolute Gasteiger partial charge is 0.329 e. The minimum Gasteiger partial charge on any atom is -0.480 e. The summed E-state index contributed by atoms with van der Waals surface area (Å²) in [5, 5.41) is 17.0. The van der Waals surface area contributed by atoms with Gasteiger partial charge in [0.05, 0.1) is 5.52 Å². The molecule has 2 aromatic rings. The van der Waals surface area contributed by atoms with Crippen molar-refractivity contribution in [2.75, 3.05) is 6.54 Å². The number of carbonyl (C=O) groups excluding carboxylic acids is 1. The van der Waals surface area contributed by atoms with Crippen molar-refractivity contribution in [1.82, 2.24) is 15.1 Å². The van der Waals surface area contributed by atoms with Crippen molar-refractivity contribution in [1.29, 1.82) is 0 Å². The largest absolute Gasteiger partial charge is 0.480 e. The van der Waals surface area contributed by atoms with Crippen molar-refractivity contribution in [3.8, 4) is 0 Å². The zero-order valence-electron chi connectivity index (χ0n) is 11.1. The maximum Gasteiger partial charge on any atom is 0.329 e. The molecule has 0 aliphatic carbocycles. The van der Waals surface area contributed by atoms with E-state index in [4.69, 9.17) is 0 Å². The van der Waals surface area contributed by atoms with Crippen LogP contribution in [0.25, 0.3) is 10.9 Å². The van der Waals surface area contributed by atoms with Crippen LogP contribution in [0.5, 0.6) is 0 Å². The van der Waals surface area contributed by atoms with Gasteiger partial charge in [-0.2, -0.15) is 5.10 Å². The molecular weight excluding hydrogens is 258 g/mol. The summed E-state index contributed by atoms with van der Waals surface area (Å²) >= 11 is 0. The van der Waals surface area contributed by atoms with Crippen LogP contribution in [0.1, 0.15) is 30.3 Å². The Kier molecular flexibility index (Phi) is 2.74. The molecule has 1 aromatic heterocycles. The molecule has 0 saturated carbocycles. The standard InChI is InChI=1S/C14H15N3O3/c1-14(13(19)20)7-4-8-17(14)12(18)11-9-5-2-3-6-10(9)15-16-11/h2-3,5-6H,4,7-8H2,1H3,(H,15,16)(H,19,20)/t14-/m1/s1. The van der Waals surface area contributed by atoms with Crippen molar-refractivity contribution in [2.24, 2.45) is 0 Å². The van der Waals surface area contributed by atoms with Gasteiger partial charge in [0, 0.05) is 11.9 Å². The zero-order chi connectivity index (χ0) is 14.3. The van der Waals surface area contributed by atoms with Crippen LogP contribution in [-0.4, -0.2) is 44.2 Å². The van der Waals surface area contributed by atoms with Crippen LogP contribution < -0.4 is 0 Å². The Hall–Kier alpha value is -2.37. The van der Waals surface area contributed by atoms with E-state index in [1.54, 1.807) is 13.0 Å². The Morgan fingerprint density at radius 2 is 2.15 bits per heavy atom. The van der Waals surface area contributed by atoms with Crippen LogP contribution in [0, 0.1) is 0 Å². The van der Waals surface area contributed by atoms with E-state index in [9.17, 15) is 14.7 Å². The lowest BCUT2D eigenvalue weighted by atomic mass is 9.99. The number of hydrogen-bond acceptors (Lipinski definition) is 3. The maximum absolute atomic E-state index is 12.6. The zero-order valence-corrected chi connectivity index (χ0v) is 11.1. The number of carboxylic acids is 1.